The summed E-state index contributed by atoms with van der Waals surface area (Å²) >= 11 is 1.71. The lowest BCUT2D eigenvalue weighted by molar-refractivity contribution is -0.121. The summed E-state index contributed by atoms with van der Waals surface area (Å²) in [5, 5.41) is 3.03. The third kappa shape index (κ3) is 6.00. The standard InChI is InChI=1S/C23H29N3O2S/c1-17(2)15-28-19-10-8-18(9-11-19)12-13-24-23(27)14-26-21-7-5-4-6-20(21)25-22(26)16-29-3/h4-11,17H,12-16H2,1-3H3,(H,24,27). The van der Waals surface area contributed by atoms with Gasteiger partial charge in [0.1, 0.15) is 18.1 Å². The Balaban J connectivity index is 1.53. The molecular formula is C23H29N3O2S. The van der Waals surface area contributed by atoms with Gasteiger partial charge >= 0.3 is 0 Å². The van der Waals surface area contributed by atoms with Crippen LogP contribution in [0, 0.1) is 5.92 Å². The second kappa shape index (κ2) is 10.3. The highest BCUT2D eigenvalue weighted by atomic mass is 32.2. The topological polar surface area (TPSA) is 56.2 Å². The molecule has 0 fully saturated rings. The first-order valence-electron chi connectivity index (χ1n) is 9.98. The van der Waals surface area contributed by atoms with Crippen molar-refractivity contribution in [2.75, 3.05) is 19.4 Å². The van der Waals surface area contributed by atoms with Crippen molar-refractivity contribution in [2.24, 2.45) is 5.92 Å². The molecule has 0 radical (unpaired) electrons. The Morgan fingerprint density at radius 2 is 1.93 bits per heavy atom. The molecule has 1 N–H and O–H groups in total. The molecule has 0 aliphatic carbocycles. The Kier molecular flexibility index (Phi) is 7.58. The van der Waals surface area contributed by atoms with Crippen LogP contribution in [-0.4, -0.2) is 34.9 Å². The maximum atomic E-state index is 12.5. The highest BCUT2D eigenvalue weighted by Crippen LogP contribution is 2.19. The lowest BCUT2D eigenvalue weighted by atomic mass is 10.1. The SMILES string of the molecule is CSCc1nc2ccccc2n1CC(=O)NCCc1ccc(OCC(C)C)cc1. The Morgan fingerprint density at radius 3 is 2.66 bits per heavy atom. The second-order valence-corrected chi connectivity index (χ2v) is 8.35. The molecule has 3 rings (SSSR count). The van der Waals surface area contributed by atoms with E-state index in [9.17, 15) is 4.79 Å². The van der Waals surface area contributed by atoms with Crippen LogP contribution >= 0.6 is 11.8 Å². The summed E-state index contributed by atoms with van der Waals surface area (Å²) in [6, 6.07) is 16.1. The van der Waals surface area contributed by atoms with Gasteiger partial charge in [-0.1, -0.05) is 38.1 Å². The van der Waals surface area contributed by atoms with Crippen LogP contribution in [0.15, 0.2) is 48.5 Å². The van der Waals surface area contributed by atoms with Crippen LogP contribution in [0.25, 0.3) is 11.0 Å². The van der Waals surface area contributed by atoms with Gasteiger partial charge in [0.2, 0.25) is 5.91 Å². The van der Waals surface area contributed by atoms with E-state index in [1.165, 1.54) is 5.56 Å². The molecular weight excluding hydrogens is 382 g/mol. The van der Waals surface area contributed by atoms with Crippen molar-refractivity contribution in [2.45, 2.75) is 32.6 Å². The number of nitrogens with zero attached hydrogens (tertiary/aromatic N) is 2. The van der Waals surface area contributed by atoms with E-state index < -0.39 is 0 Å². The molecule has 1 heterocycles. The Morgan fingerprint density at radius 1 is 1.17 bits per heavy atom. The van der Waals surface area contributed by atoms with Crippen molar-refractivity contribution in [3.8, 4) is 5.75 Å². The van der Waals surface area contributed by atoms with Gasteiger partial charge in [0, 0.05) is 6.54 Å². The molecule has 0 saturated carbocycles. The van der Waals surface area contributed by atoms with Gasteiger partial charge in [0.05, 0.1) is 23.4 Å². The zero-order chi connectivity index (χ0) is 20.6. The summed E-state index contributed by atoms with van der Waals surface area (Å²) in [5.41, 5.74) is 3.12. The Labute approximate surface area is 176 Å². The fraction of sp³-hybridized carbons (Fsp3) is 0.391. The van der Waals surface area contributed by atoms with E-state index in [2.05, 4.69) is 36.3 Å². The van der Waals surface area contributed by atoms with Crippen LogP contribution in [0.5, 0.6) is 5.75 Å². The zero-order valence-corrected chi connectivity index (χ0v) is 18.2. The average Bonchev–Trinajstić information content (AvgIpc) is 3.05. The zero-order valence-electron chi connectivity index (χ0n) is 17.4. The molecule has 5 nitrogen and oxygen atoms in total. The Bertz CT molecular complexity index is 935. The predicted octanol–water partition coefficient (Wildman–Crippen LogP) is 4.29. The van der Waals surface area contributed by atoms with Gasteiger partial charge in [-0.2, -0.15) is 11.8 Å². The average molecular weight is 412 g/mol. The normalized spacial score (nSPS) is 11.2. The lowest BCUT2D eigenvalue weighted by Gasteiger charge is -2.11. The molecule has 0 atom stereocenters. The lowest BCUT2D eigenvalue weighted by Crippen LogP contribution is -2.29. The van der Waals surface area contributed by atoms with Gasteiger partial charge in [-0.3, -0.25) is 4.79 Å². The molecule has 0 spiro atoms. The summed E-state index contributed by atoms with van der Waals surface area (Å²) in [6.07, 6.45) is 2.83. The summed E-state index contributed by atoms with van der Waals surface area (Å²) in [4.78, 5) is 17.2. The summed E-state index contributed by atoms with van der Waals surface area (Å²) in [6.45, 7) is 5.88. The predicted molar refractivity (Wildman–Crippen MR) is 120 cm³/mol. The highest BCUT2D eigenvalue weighted by Gasteiger charge is 2.13. The molecule has 0 aliphatic heterocycles. The summed E-state index contributed by atoms with van der Waals surface area (Å²) < 4.78 is 7.73. The van der Waals surface area contributed by atoms with Crippen molar-refractivity contribution in [1.82, 2.24) is 14.9 Å². The maximum absolute atomic E-state index is 12.5. The number of aromatic nitrogens is 2. The highest BCUT2D eigenvalue weighted by molar-refractivity contribution is 7.97. The molecule has 154 valence electrons. The fourth-order valence-electron chi connectivity index (χ4n) is 3.10. The van der Waals surface area contributed by atoms with Gasteiger partial charge in [-0.25, -0.2) is 4.98 Å². The van der Waals surface area contributed by atoms with Crippen molar-refractivity contribution in [1.29, 1.82) is 0 Å². The number of amides is 1. The third-order valence-electron chi connectivity index (χ3n) is 4.55. The molecule has 0 bridgehead atoms. The first-order chi connectivity index (χ1) is 14.1. The van der Waals surface area contributed by atoms with E-state index in [-0.39, 0.29) is 5.91 Å². The van der Waals surface area contributed by atoms with Crippen LogP contribution in [-0.2, 0) is 23.5 Å². The number of nitrogens with one attached hydrogen (secondary N) is 1. The summed E-state index contributed by atoms with van der Waals surface area (Å²) in [7, 11) is 0. The number of thioether (sulfide) groups is 1. The first-order valence-corrected chi connectivity index (χ1v) is 11.4. The van der Waals surface area contributed by atoms with Crippen molar-refractivity contribution < 1.29 is 9.53 Å². The molecule has 2 aromatic carbocycles. The minimum absolute atomic E-state index is 0.00685. The van der Waals surface area contributed by atoms with E-state index in [0.717, 1.165) is 41.4 Å². The van der Waals surface area contributed by atoms with Crippen LogP contribution in [0.2, 0.25) is 0 Å². The number of ether oxygens (including phenoxy) is 1. The van der Waals surface area contributed by atoms with E-state index in [1.54, 1.807) is 11.8 Å². The first kappa shape index (κ1) is 21.2. The van der Waals surface area contributed by atoms with Crippen molar-refractivity contribution in [3.63, 3.8) is 0 Å². The quantitative estimate of drug-likeness (QED) is 0.541. The Hall–Kier alpha value is -2.47. The largest absolute Gasteiger partial charge is 0.493 e. The molecule has 0 saturated heterocycles. The molecule has 1 aromatic heterocycles. The smallest absolute Gasteiger partial charge is 0.240 e. The number of carbonyl (C=O) groups excluding carboxylic acids is 1. The van der Waals surface area contributed by atoms with Crippen LogP contribution < -0.4 is 10.1 Å². The minimum atomic E-state index is 0.00685. The monoisotopic (exact) mass is 411 g/mol. The molecule has 0 unspecified atom stereocenters. The summed E-state index contributed by atoms with van der Waals surface area (Å²) in [5.74, 6) is 3.12. The van der Waals surface area contributed by atoms with E-state index >= 15 is 0 Å². The van der Waals surface area contributed by atoms with Gasteiger partial charge in [-0.05, 0) is 48.4 Å². The van der Waals surface area contributed by atoms with Gasteiger partial charge < -0.3 is 14.6 Å². The number of fused-ring (bicyclic) bond motifs is 1. The maximum Gasteiger partial charge on any atom is 0.240 e. The van der Waals surface area contributed by atoms with Crippen LogP contribution in [0.1, 0.15) is 25.2 Å². The van der Waals surface area contributed by atoms with Gasteiger partial charge in [0.25, 0.3) is 0 Å². The third-order valence-corrected chi connectivity index (χ3v) is 5.10. The number of hydrogen-bond acceptors (Lipinski definition) is 4. The number of benzene rings is 2. The molecule has 29 heavy (non-hydrogen) atoms. The number of hydrogen-bond donors (Lipinski definition) is 1. The van der Waals surface area contributed by atoms with E-state index in [0.29, 0.717) is 19.0 Å². The molecule has 0 aliphatic rings. The number of para-hydroxylation sites is 2. The second-order valence-electron chi connectivity index (χ2n) is 7.48. The van der Waals surface area contributed by atoms with Crippen molar-refractivity contribution in [3.05, 3.63) is 59.9 Å². The van der Waals surface area contributed by atoms with Crippen LogP contribution in [0.3, 0.4) is 0 Å². The number of carbonyl (C=O) groups is 1. The van der Waals surface area contributed by atoms with Gasteiger partial charge in [0.15, 0.2) is 0 Å². The fourth-order valence-corrected chi connectivity index (χ4v) is 3.58. The molecule has 6 heteroatoms. The number of rotatable bonds is 10. The minimum Gasteiger partial charge on any atom is -0.493 e. The number of imidazole rings is 1. The van der Waals surface area contributed by atoms with Crippen LogP contribution in [0.4, 0.5) is 0 Å². The van der Waals surface area contributed by atoms with Crippen molar-refractivity contribution >= 4 is 28.7 Å². The molecule has 1 amide bonds. The van der Waals surface area contributed by atoms with Gasteiger partial charge in [-0.15, -0.1) is 0 Å². The van der Waals surface area contributed by atoms with E-state index in [1.807, 2.05) is 47.2 Å². The molecule has 3 aromatic rings. The van der Waals surface area contributed by atoms with E-state index in [4.69, 9.17) is 4.74 Å².